The molecule has 0 saturated heterocycles. The van der Waals surface area contributed by atoms with Crippen LogP contribution in [-0.4, -0.2) is 73.5 Å². The number of nitrogens with two attached hydrogens (primary N) is 1. The summed E-state index contributed by atoms with van der Waals surface area (Å²) in [6.45, 7) is 1.89. The van der Waals surface area contributed by atoms with E-state index in [1.807, 2.05) is 19.1 Å². The number of aliphatic hydroxyl groups excluding tert-OH is 2. The fraction of sp³-hybridized carbons (Fsp3) is 0.333. The third-order valence-corrected chi connectivity index (χ3v) is 8.73. The molecule has 1 heterocycles. The lowest BCUT2D eigenvalue weighted by atomic mass is 9.57. The highest BCUT2D eigenvalue weighted by Crippen LogP contribution is 2.53. The van der Waals surface area contributed by atoms with Crippen molar-refractivity contribution in [3.63, 3.8) is 0 Å². The number of likely N-dealkylation sites (N-methyl/N-ethyl adjacent to an activating group) is 1. The number of aromatic nitrogens is 1. The Morgan fingerprint density at radius 2 is 1.92 bits per heavy atom. The summed E-state index contributed by atoms with van der Waals surface area (Å²) in [5.41, 5.74) is 5.66. The maximum absolute atomic E-state index is 13.9. The van der Waals surface area contributed by atoms with E-state index in [4.69, 9.17) is 5.73 Å². The first-order chi connectivity index (χ1) is 17.9. The molecule has 198 valence electrons. The largest absolute Gasteiger partial charge is 0.508 e. The van der Waals surface area contributed by atoms with Gasteiger partial charge in [0.2, 0.25) is 5.78 Å². The number of rotatable bonds is 4. The van der Waals surface area contributed by atoms with Gasteiger partial charge in [-0.2, -0.15) is 0 Å². The number of fused-ring (bicyclic) bond motifs is 3. The van der Waals surface area contributed by atoms with Gasteiger partial charge in [-0.15, -0.1) is 11.3 Å². The Balaban J connectivity index is 1.68. The number of hydrogen-bond donors (Lipinski definition) is 5. The molecule has 3 aliphatic rings. The number of carbonyl (C=O) groups excluding carboxylic acids is 3. The molecule has 1 aromatic carbocycles. The van der Waals surface area contributed by atoms with Crippen LogP contribution in [-0.2, 0) is 20.8 Å². The van der Waals surface area contributed by atoms with Crippen LogP contribution in [0.4, 0.5) is 0 Å². The maximum Gasteiger partial charge on any atom is 0.255 e. The number of Topliss-reactive ketones (excluding diaryl/α,β-unsaturated/α-hetero) is 2. The Kier molecular flexibility index (Phi) is 6.05. The number of nitrogens with zero attached hydrogens (tertiary/aromatic N) is 2. The predicted molar refractivity (Wildman–Crippen MR) is 140 cm³/mol. The Morgan fingerprint density at radius 3 is 2.53 bits per heavy atom. The summed E-state index contributed by atoms with van der Waals surface area (Å²) in [5.74, 6) is -6.68. The van der Waals surface area contributed by atoms with E-state index in [9.17, 15) is 34.8 Å². The number of amides is 1. The molecule has 4 atom stereocenters. The third-order valence-electron chi connectivity index (χ3n) is 7.84. The van der Waals surface area contributed by atoms with E-state index in [2.05, 4.69) is 4.98 Å². The number of aryl methyl sites for hydroxylation is 1. The number of aromatic hydroxyl groups is 1. The fourth-order valence-electron chi connectivity index (χ4n) is 6.06. The van der Waals surface area contributed by atoms with Gasteiger partial charge in [0.15, 0.2) is 11.4 Å². The molecule has 0 unspecified atom stereocenters. The lowest BCUT2D eigenvalue weighted by Gasteiger charge is -2.50. The highest BCUT2D eigenvalue weighted by Gasteiger charge is 2.64. The molecule has 5 rings (SSSR count). The molecule has 3 aliphatic carbocycles. The van der Waals surface area contributed by atoms with Crippen molar-refractivity contribution < 1.29 is 34.8 Å². The van der Waals surface area contributed by atoms with Crippen molar-refractivity contribution in [2.24, 2.45) is 17.6 Å². The Hall–Kier alpha value is -3.80. The minimum absolute atomic E-state index is 0.0402. The van der Waals surface area contributed by atoms with Crippen molar-refractivity contribution >= 4 is 46.7 Å². The lowest BCUT2D eigenvalue weighted by molar-refractivity contribution is -0.153. The average molecular weight is 538 g/mol. The first-order valence-corrected chi connectivity index (χ1v) is 12.8. The predicted octanol–water partition coefficient (Wildman–Crippen LogP) is 1.90. The number of ketones is 2. The van der Waals surface area contributed by atoms with Crippen LogP contribution in [0.2, 0.25) is 0 Å². The molecule has 1 amide bonds. The second-order valence-electron chi connectivity index (χ2n) is 10.1. The second kappa shape index (κ2) is 8.90. The summed E-state index contributed by atoms with van der Waals surface area (Å²) in [7, 11) is 3.13. The van der Waals surface area contributed by atoms with Gasteiger partial charge in [0, 0.05) is 16.4 Å². The standard InChI is InChI=1S/C27H27N3O7S/c1-11-17(38-10-29-11)7-5-12-4-6-16(31)19-14(12)8-13-9-15-21(30(2)3)23(33)20(26(28)36)25(35)27(15,37)24(34)18(13)22(19)32/h4-7,10,13,15,21,31-32,35,37H,8-9H2,1-3H3,(H2,28,36)/b7-5+/t13-,15+,21+,27+/m1/s1. The van der Waals surface area contributed by atoms with Gasteiger partial charge in [-0.3, -0.25) is 19.3 Å². The van der Waals surface area contributed by atoms with Crippen LogP contribution in [0.1, 0.15) is 33.7 Å². The van der Waals surface area contributed by atoms with E-state index < -0.39 is 58.0 Å². The van der Waals surface area contributed by atoms with Gasteiger partial charge in [-0.25, -0.2) is 4.98 Å². The van der Waals surface area contributed by atoms with Crippen LogP contribution in [0.3, 0.4) is 0 Å². The van der Waals surface area contributed by atoms with Crippen LogP contribution < -0.4 is 5.73 Å². The number of primary amides is 1. The SMILES string of the molecule is Cc1ncsc1/C=C/c1ccc(O)c2c1C[C@@H]1C[C@H]3[C@H](N(C)C)C(=O)C(C(N)=O)=C(O)[C@@]3(O)C(=O)C1=C2O. The van der Waals surface area contributed by atoms with E-state index in [-0.39, 0.29) is 29.7 Å². The van der Waals surface area contributed by atoms with Gasteiger partial charge >= 0.3 is 0 Å². The van der Waals surface area contributed by atoms with Crippen molar-refractivity contribution in [3.8, 4) is 5.75 Å². The van der Waals surface area contributed by atoms with Crippen molar-refractivity contribution in [1.82, 2.24) is 9.88 Å². The molecule has 1 aromatic heterocycles. The summed E-state index contributed by atoms with van der Waals surface area (Å²) >= 11 is 1.47. The Bertz CT molecular complexity index is 1500. The van der Waals surface area contributed by atoms with Crippen LogP contribution >= 0.6 is 11.3 Å². The summed E-state index contributed by atoms with van der Waals surface area (Å²) in [5, 5.41) is 44.5. The number of hydrogen-bond acceptors (Lipinski definition) is 10. The zero-order valence-corrected chi connectivity index (χ0v) is 21.7. The summed E-state index contributed by atoms with van der Waals surface area (Å²) in [6, 6.07) is 2.00. The van der Waals surface area contributed by atoms with Gasteiger partial charge < -0.3 is 26.2 Å². The molecule has 10 nitrogen and oxygen atoms in total. The zero-order valence-electron chi connectivity index (χ0n) is 20.9. The Morgan fingerprint density at radius 1 is 1.21 bits per heavy atom. The normalized spacial score (nSPS) is 27.1. The molecular formula is C27H27N3O7S. The molecule has 1 fully saturated rings. The first kappa shape index (κ1) is 25.8. The smallest absolute Gasteiger partial charge is 0.255 e. The van der Waals surface area contributed by atoms with E-state index in [0.29, 0.717) is 11.1 Å². The van der Waals surface area contributed by atoms with E-state index in [0.717, 1.165) is 10.6 Å². The number of phenols is 1. The maximum atomic E-state index is 13.9. The minimum Gasteiger partial charge on any atom is -0.508 e. The highest BCUT2D eigenvalue weighted by atomic mass is 32.1. The molecule has 38 heavy (non-hydrogen) atoms. The van der Waals surface area contributed by atoms with Crippen LogP contribution in [0.15, 0.2) is 34.5 Å². The van der Waals surface area contributed by atoms with Gasteiger partial charge in [0.1, 0.15) is 22.8 Å². The lowest BCUT2D eigenvalue weighted by Crippen LogP contribution is -2.65. The molecule has 0 bridgehead atoms. The summed E-state index contributed by atoms with van der Waals surface area (Å²) in [6.07, 6.45) is 4.00. The number of phenolic OH excluding ortho intramolecular Hbond substituents is 1. The average Bonchev–Trinajstić information content (AvgIpc) is 3.25. The van der Waals surface area contributed by atoms with Crippen molar-refractivity contribution in [2.45, 2.75) is 31.4 Å². The number of aliphatic hydroxyl groups is 3. The molecular weight excluding hydrogens is 510 g/mol. The molecule has 0 spiro atoms. The van der Waals surface area contributed by atoms with Gasteiger partial charge in [0.05, 0.1) is 22.8 Å². The molecule has 0 radical (unpaired) electrons. The third kappa shape index (κ3) is 3.53. The molecule has 6 N–H and O–H groups in total. The Labute approximate surface area is 222 Å². The van der Waals surface area contributed by atoms with Gasteiger partial charge in [0.25, 0.3) is 5.91 Å². The van der Waals surface area contributed by atoms with Crippen LogP contribution in [0, 0.1) is 18.8 Å². The van der Waals surface area contributed by atoms with Gasteiger partial charge in [-0.05, 0) is 63.0 Å². The van der Waals surface area contributed by atoms with Gasteiger partial charge in [-0.1, -0.05) is 12.1 Å². The van der Waals surface area contributed by atoms with Crippen molar-refractivity contribution in [2.75, 3.05) is 14.1 Å². The van der Waals surface area contributed by atoms with Crippen LogP contribution in [0.5, 0.6) is 5.75 Å². The quantitative estimate of drug-likeness (QED) is 0.365. The molecule has 11 heteroatoms. The van der Waals surface area contributed by atoms with E-state index >= 15 is 0 Å². The fourth-order valence-corrected chi connectivity index (χ4v) is 6.75. The first-order valence-electron chi connectivity index (χ1n) is 12.0. The highest BCUT2D eigenvalue weighted by molar-refractivity contribution is 7.10. The van der Waals surface area contributed by atoms with E-state index in [1.54, 1.807) is 25.7 Å². The minimum atomic E-state index is -2.65. The summed E-state index contributed by atoms with van der Waals surface area (Å²) < 4.78 is 0. The molecule has 1 saturated carbocycles. The topological polar surface area (TPSA) is 174 Å². The monoisotopic (exact) mass is 537 g/mol. The van der Waals surface area contributed by atoms with E-state index in [1.165, 1.54) is 22.3 Å². The van der Waals surface area contributed by atoms with Crippen molar-refractivity contribution in [1.29, 1.82) is 0 Å². The molecule has 0 aliphatic heterocycles. The second-order valence-corrected chi connectivity index (χ2v) is 11.0. The zero-order chi connectivity index (χ0) is 27.7. The number of benzene rings is 1. The molecule has 2 aromatic rings. The summed E-state index contributed by atoms with van der Waals surface area (Å²) in [4.78, 5) is 45.8. The van der Waals surface area contributed by atoms with Crippen molar-refractivity contribution in [3.05, 3.63) is 61.8 Å². The number of thiazole rings is 1. The van der Waals surface area contributed by atoms with Crippen LogP contribution in [0.25, 0.3) is 17.9 Å². The number of carbonyl (C=O) groups is 3.